The first-order chi connectivity index (χ1) is 14.8. The highest BCUT2D eigenvalue weighted by Crippen LogP contribution is 2.23. The maximum Gasteiger partial charge on any atom is 0.231 e. The third-order valence-corrected chi connectivity index (χ3v) is 6.03. The van der Waals surface area contributed by atoms with Crippen molar-refractivity contribution in [2.75, 3.05) is 7.11 Å². The number of fused-ring (bicyclic) bond motifs is 3. The molecule has 0 unspecified atom stereocenters. The Kier molecular flexibility index (Phi) is 4.99. The monoisotopic (exact) mass is 433 g/mol. The number of aromatic nitrogens is 5. The predicted molar refractivity (Wildman–Crippen MR) is 119 cm³/mol. The van der Waals surface area contributed by atoms with Crippen LogP contribution in [-0.4, -0.2) is 38.7 Å². The van der Waals surface area contributed by atoms with Gasteiger partial charge in [0.1, 0.15) is 21.1 Å². The Labute approximate surface area is 178 Å². The van der Waals surface area contributed by atoms with Gasteiger partial charge in [-0.2, -0.15) is 0 Å². The van der Waals surface area contributed by atoms with Crippen LogP contribution in [0.5, 0.6) is 5.75 Å². The third kappa shape index (κ3) is 3.82. The summed E-state index contributed by atoms with van der Waals surface area (Å²) in [5.41, 5.74) is 2.86. The molecule has 8 nitrogen and oxygen atoms in total. The van der Waals surface area contributed by atoms with Gasteiger partial charge in [-0.25, -0.2) is 9.98 Å². The molecular weight excluding hydrogens is 418 g/mol. The van der Waals surface area contributed by atoms with Crippen molar-refractivity contribution in [1.82, 2.24) is 25.4 Å². The minimum absolute atomic E-state index is 0.382. The summed E-state index contributed by atoms with van der Waals surface area (Å²) in [6.07, 6.45) is 1.75. The summed E-state index contributed by atoms with van der Waals surface area (Å²) in [4.78, 5) is 13.8. The first-order valence-electron chi connectivity index (χ1n) is 9.04. The van der Waals surface area contributed by atoms with Crippen LogP contribution >= 0.6 is 22.7 Å². The quantitative estimate of drug-likeness (QED) is 0.424. The highest BCUT2D eigenvalue weighted by molar-refractivity contribution is 7.15. The van der Waals surface area contributed by atoms with Gasteiger partial charge in [-0.3, -0.25) is 0 Å². The number of rotatable bonds is 5. The normalized spacial score (nSPS) is 12.4. The van der Waals surface area contributed by atoms with E-state index in [2.05, 4.69) is 35.4 Å². The van der Waals surface area contributed by atoms with E-state index in [1.165, 1.54) is 22.7 Å². The molecule has 0 aliphatic carbocycles. The van der Waals surface area contributed by atoms with Crippen molar-refractivity contribution in [3.05, 3.63) is 63.9 Å². The Balaban J connectivity index is 1.32. The van der Waals surface area contributed by atoms with Crippen LogP contribution in [0.4, 0.5) is 5.13 Å². The molecule has 5 rings (SSSR count). The molecule has 0 saturated heterocycles. The largest absolute Gasteiger partial charge is 0.497 e. The van der Waals surface area contributed by atoms with E-state index in [4.69, 9.17) is 4.74 Å². The molecule has 0 saturated carbocycles. The molecule has 0 aliphatic rings. The molecule has 0 amide bonds. The maximum absolute atomic E-state index is 5.15. The van der Waals surface area contributed by atoms with Crippen LogP contribution in [0, 0.1) is 0 Å². The van der Waals surface area contributed by atoms with E-state index >= 15 is 0 Å². The molecule has 0 fully saturated rings. The summed E-state index contributed by atoms with van der Waals surface area (Å²) in [5.74, 6) is 0.807. The van der Waals surface area contributed by atoms with E-state index in [0.29, 0.717) is 16.5 Å². The summed E-state index contributed by atoms with van der Waals surface area (Å²) in [5, 5.41) is 19.2. The van der Waals surface area contributed by atoms with Crippen LogP contribution in [0.1, 0.15) is 10.6 Å². The molecule has 0 atom stereocenters. The number of methoxy groups -OCH3 is 1. The first kappa shape index (κ1) is 18.5. The Bertz CT molecular complexity index is 1420. The number of hydrogen-bond acceptors (Lipinski definition) is 9. The molecule has 2 aromatic carbocycles. The van der Waals surface area contributed by atoms with Crippen molar-refractivity contribution in [2.24, 2.45) is 9.98 Å². The van der Waals surface area contributed by atoms with E-state index in [-0.39, 0.29) is 0 Å². The molecule has 3 heterocycles. The number of nitrogens with zero attached hydrogens (tertiary/aromatic N) is 6. The predicted octanol–water partition coefficient (Wildman–Crippen LogP) is 3.88. The van der Waals surface area contributed by atoms with Gasteiger partial charge in [0, 0.05) is 17.1 Å². The topological polar surface area (TPSA) is 101 Å². The van der Waals surface area contributed by atoms with Gasteiger partial charge in [0.15, 0.2) is 0 Å². The molecule has 0 aliphatic heterocycles. The second kappa shape index (κ2) is 8.09. The zero-order chi connectivity index (χ0) is 20.3. The molecule has 148 valence electrons. The fourth-order valence-electron chi connectivity index (χ4n) is 2.86. The molecule has 0 radical (unpaired) electrons. The summed E-state index contributed by atoms with van der Waals surface area (Å²) < 4.78 is 5.15. The van der Waals surface area contributed by atoms with Gasteiger partial charge in [-0.15, -0.1) is 20.4 Å². The minimum Gasteiger partial charge on any atom is -0.497 e. The van der Waals surface area contributed by atoms with Gasteiger partial charge < -0.3 is 9.72 Å². The van der Waals surface area contributed by atoms with Crippen molar-refractivity contribution >= 4 is 55.3 Å². The number of hydrogen-bond donors (Lipinski definition) is 1. The molecule has 5 aromatic rings. The fourth-order valence-corrected chi connectivity index (χ4v) is 4.27. The first-order valence-corrected chi connectivity index (χ1v) is 10.7. The standard InChI is InChI=1S/C20H15N7OS2/c1-28-13-8-6-12(7-9-13)10-21-19-26-24-16(29-19)11-22-20-27-25-17-14-4-2-3-5-15(14)23-18(17)30-20/h2-10,23H,11H2,1H3/b21-10+,22-20?. The zero-order valence-electron chi connectivity index (χ0n) is 15.8. The second-order valence-electron chi connectivity index (χ2n) is 6.26. The number of ether oxygens (including phenoxy) is 1. The van der Waals surface area contributed by atoms with Crippen LogP contribution in [0.25, 0.3) is 21.3 Å². The maximum atomic E-state index is 5.15. The van der Waals surface area contributed by atoms with Gasteiger partial charge in [-0.1, -0.05) is 40.9 Å². The number of aromatic amines is 1. The summed E-state index contributed by atoms with van der Waals surface area (Å²) in [6, 6.07) is 15.7. The third-order valence-electron chi connectivity index (χ3n) is 4.32. The van der Waals surface area contributed by atoms with Gasteiger partial charge >= 0.3 is 0 Å². The zero-order valence-corrected chi connectivity index (χ0v) is 17.4. The van der Waals surface area contributed by atoms with Crippen LogP contribution in [-0.2, 0) is 6.54 Å². The van der Waals surface area contributed by atoms with Crippen LogP contribution in [0.15, 0.2) is 58.5 Å². The van der Waals surface area contributed by atoms with Gasteiger partial charge in [0.05, 0.1) is 13.7 Å². The lowest BCUT2D eigenvalue weighted by molar-refractivity contribution is 0.415. The number of benzene rings is 2. The van der Waals surface area contributed by atoms with E-state index < -0.39 is 0 Å². The Hall–Kier alpha value is -3.50. The lowest BCUT2D eigenvalue weighted by atomic mass is 10.2. The number of para-hydroxylation sites is 1. The van der Waals surface area contributed by atoms with E-state index in [0.717, 1.165) is 37.6 Å². The number of nitrogens with one attached hydrogen (secondary N) is 1. The average Bonchev–Trinajstić information content (AvgIpc) is 3.40. The molecule has 10 heteroatoms. The van der Waals surface area contributed by atoms with Gasteiger partial charge in [0.2, 0.25) is 9.93 Å². The van der Waals surface area contributed by atoms with Gasteiger partial charge in [-0.05, 0) is 35.9 Å². The number of aliphatic imine (C=N–C) groups is 1. The lowest BCUT2D eigenvalue weighted by Gasteiger charge is -1.98. The molecular formula is C20H15N7OS2. The van der Waals surface area contributed by atoms with Crippen LogP contribution in [0.2, 0.25) is 0 Å². The smallest absolute Gasteiger partial charge is 0.231 e. The Morgan fingerprint density at radius 3 is 2.73 bits per heavy atom. The summed E-state index contributed by atoms with van der Waals surface area (Å²) in [6.45, 7) is 0.382. The van der Waals surface area contributed by atoms with Crippen LogP contribution < -0.4 is 9.54 Å². The van der Waals surface area contributed by atoms with E-state index in [9.17, 15) is 0 Å². The molecule has 3 aromatic heterocycles. The van der Waals surface area contributed by atoms with Crippen molar-refractivity contribution in [2.45, 2.75) is 6.54 Å². The minimum atomic E-state index is 0.382. The fraction of sp³-hybridized carbons (Fsp3) is 0.100. The Morgan fingerprint density at radius 2 is 1.87 bits per heavy atom. The highest BCUT2D eigenvalue weighted by atomic mass is 32.1. The molecule has 1 N–H and O–H groups in total. The molecule has 0 spiro atoms. The summed E-state index contributed by atoms with van der Waals surface area (Å²) >= 11 is 2.87. The molecule has 0 bridgehead atoms. The van der Waals surface area contributed by atoms with Crippen LogP contribution in [0.3, 0.4) is 0 Å². The van der Waals surface area contributed by atoms with Crippen molar-refractivity contribution in [3.63, 3.8) is 0 Å². The lowest BCUT2D eigenvalue weighted by Crippen LogP contribution is -2.05. The highest BCUT2D eigenvalue weighted by Gasteiger charge is 2.06. The SMILES string of the molecule is COc1ccc(/C=N/c2nnc(CN=c3nnc4c([nH]c5ccccc54)s3)s2)cc1. The number of H-pyrrole nitrogens is 1. The molecule has 30 heavy (non-hydrogen) atoms. The summed E-state index contributed by atoms with van der Waals surface area (Å²) in [7, 11) is 1.64. The van der Waals surface area contributed by atoms with Crippen molar-refractivity contribution in [1.29, 1.82) is 0 Å². The van der Waals surface area contributed by atoms with E-state index in [1.807, 2.05) is 48.5 Å². The Morgan fingerprint density at radius 1 is 1.00 bits per heavy atom. The average molecular weight is 434 g/mol. The second-order valence-corrected chi connectivity index (χ2v) is 8.28. The van der Waals surface area contributed by atoms with Crippen molar-refractivity contribution < 1.29 is 4.74 Å². The van der Waals surface area contributed by atoms with Crippen molar-refractivity contribution in [3.8, 4) is 5.75 Å². The van der Waals surface area contributed by atoms with E-state index in [1.54, 1.807) is 13.3 Å². The van der Waals surface area contributed by atoms with Gasteiger partial charge in [0.25, 0.3) is 0 Å².